The minimum atomic E-state index is -0.237. The minimum absolute atomic E-state index is 0.237. The summed E-state index contributed by atoms with van der Waals surface area (Å²) in [5, 5.41) is 8.68. The average Bonchev–Trinajstić information content (AvgIpc) is 2.92. The molecule has 6 heteroatoms. The van der Waals surface area contributed by atoms with E-state index >= 15 is 0 Å². The van der Waals surface area contributed by atoms with E-state index in [0.717, 1.165) is 22.3 Å². The first-order valence-corrected chi connectivity index (χ1v) is 4.94. The summed E-state index contributed by atoms with van der Waals surface area (Å²) in [6, 6.07) is 7.40. The van der Waals surface area contributed by atoms with Gasteiger partial charge in [-0.05, 0) is 12.1 Å². The number of nitrogens with one attached hydrogen (secondary N) is 3. The molecule has 0 bridgehead atoms. The number of hydrogen-bond acceptors (Lipinski definition) is 3. The second kappa shape index (κ2) is 3.35. The van der Waals surface area contributed by atoms with Gasteiger partial charge in [0.2, 0.25) is 5.82 Å². The second-order valence-corrected chi connectivity index (χ2v) is 3.60. The maximum Gasteiger partial charge on any atom is 0.323 e. The van der Waals surface area contributed by atoms with Gasteiger partial charge in [0.15, 0.2) is 0 Å². The van der Waals surface area contributed by atoms with Crippen molar-refractivity contribution >= 4 is 11.0 Å². The monoisotopic (exact) mass is 225 g/mol. The van der Waals surface area contributed by atoms with Gasteiger partial charge in [-0.2, -0.15) is 5.26 Å². The number of aromatic nitrogens is 4. The van der Waals surface area contributed by atoms with Crippen molar-refractivity contribution in [2.45, 2.75) is 0 Å². The molecule has 3 rings (SSSR count). The minimum Gasteiger partial charge on any atom is -0.329 e. The lowest BCUT2D eigenvalue weighted by Gasteiger charge is -1.96. The standard InChI is InChI=1S/C11H7N5O/c12-4-10-13-5-9(14-10)6-1-2-7-8(3-6)16-11(17)15-7/h1-3,5H,(H,13,14)(H2,15,16,17). The topological polar surface area (TPSA) is 101 Å². The van der Waals surface area contributed by atoms with Crippen molar-refractivity contribution in [3.63, 3.8) is 0 Å². The predicted octanol–water partition coefficient (Wildman–Crippen LogP) is 1.12. The third-order valence-corrected chi connectivity index (χ3v) is 2.51. The van der Waals surface area contributed by atoms with Crippen molar-refractivity contribution in [3.8, 4) is 17.3 Å². The Labute approximate surface area is 94.9 Å². The molecule has 1 aromatic carbocycles. The average molecular weight is 225 g/mol. The lowest BCUT2D eigenvalue weighted by molar-refractivity contribution is 1.21. The SMILES string of the molecule is N#Cc1ncc(-c2ccc3[nH]c(=O)[nH]c3c2)[nH]1. The Morgan fingerprint density at radius 2 is 2.00 bits per heavy atom. The Bertz CT molecular complexity index is 786. The summed E-state index contributed by atoms with van der Waals surface area (Å²) in [5.74, 6) is 0.266. The number of rotatable bonds is 1. The molecule has 0 unspecified atom stereocenters. The van der Waals surface area contributed by atoms with Crippen LogP contribution in [0.15, 0.2) is 29.2 Å². The van der Waals surface area contributed by atoms with Gasteiger partial charge in [0.25, 0.3) is 0 Å². The number of hydrogen-bond donors (Lipinski definition) is 3. The van der Waals surface area contributed by atoms with Crippen LogP contribution in [0.5, 0.6) is 0 Å². The van der Waals surface area contributed by atoms with E-state index in [4.69, 9.17) is 5.26 Å². The summed E-state index contributed by atoms with van der Waals surface area (Å²) in [5.41, 5.74) is 2.84. The van der Waals surface area contributed by atoms with Gasteiger partial charge in [-0.25, -0.2) is 9.78 Å². The zero-order valence-corrected chi connectivity index (χ0v) is 8.61. The van der Waals surface area contributed by atoms with E-state index in [1.165, 1.54) is 0 Å². The zero-order valence-electron chi connectivity index (χ0n) is 8.61. The smallest absolute Gasteiger partial charge is 0.323 e. The third-order valence-electron chi connectivity index (χ3n) is 2.51. The fourth-order valence-corrected chi connectivity index (χ4v) is 1.72. The molecule has 6 nitrogen and oxygen atoms in total. The molecule has 0 fully saturated rings. The van der Waals surface area contributed by atoms with Crippen LogP contribution >= 0.6 is 0 Å². The van der Waals surface area contributed by atoms with Gasteiger partial charge in [0.1, 0.15) is 6.07 Å². The summed E-state index contributed by atoms with van der Waals surface area (Å²) in [6.07, 6.45) is 1.59. The second-order valence-electron chi connectivity index (χ2n) is 3.60. The molecule has 0 saturated carbocycles. The Morgan fingerprint density at radius 1 is 1.18 bits per heavy atom. The quantitative estimate of drug-likeness (QED) is 0.578. The summed E-state index contributed by atoms with van der Waals surface area (Å²) >= 11 is 0. The van der Waals surface area contributed by atoms with E-state index < -0.39 is 0 Å². The summed E-state index contributed by atoms with van der Waals surface area (Å²) in [6.45, 7) is 0. The van der Waals surface area contributed by atoms with Crippen LogP contribution in [0.1, 0.15) is 5.82 Å². The molecule has 0 aliphatic carbocycles. The Kier molecular flexibility index (Phi) is 1.86. The van der Waals surface area contributed by atoms with E-state index in [1.54, 1.807) is 12.3 Å². The molecule has 0 saturated heterocycles. The normalized spacial score (nSPS) is 10.5. The largest absolute Gasteiger partial charge is 0.329 e. The molecule has 3 N–H and O–H groups in total. The predicted molar refractivity (Wildman–Crippen MR) is 61.2 cm³/mol. The van der Waals surface area contributed by atoms with Crippen LogP contribution in [0.3, 0.4) is 0 Å². The van der Waals surface area contributed by atoms with Gasteiger partial charge in [-0.15, -0.1) is 0 Å². The lowest BCUT2D eigenvalue weighted by atomic mass is 10.1. The van der Waals surface area contributed by atoms with Gasteiger partial charge >= 0.3 is 5.69 Å². The van der Waals surface area contributed by atoms with Crippen LogP contribution in [0.2, 0.25) is 0 Å². The first-order chi connectivity index (χ1) is 8.26. The highest BCUT2D eigenvalue weighted by Gasteiger charge is 2.05. The maximum atomic E-state index is 11.1. The Balaban J connectivity index is 2.17. The first-order valence-electron chi connectivity index (χ1n) is 4.94. The number of aromatic amines is 3. The lowest BCUT2D eigenvalue weighted by Crippen LogP contribution is -1.99. The van der Waals surface area contributed by atoms with Crippen molar-refractivity contribution in [1.82, 2.24) is 19.9 Å². The van der Waals surface area contributed by atoms with E-state index in [-0.39, 0.29) is 11.5 Å². The fourth-order valence-electron chi connectivity index (χ4n) is 1.72. The molecule has 82 valence electrons. The van der Waals surface area contributed by atoms with Gasteiger partial charge in [-0.1, -0.05) is 6.07 Å². The molecular weight excluding hydrogens is 218 g/mol. The van der Waals surface area contributed by atoms with Crippen molar-refractivity contribution < 1.29 is 0 Å². The fraction of sp³-hybridized carbons (Fsp3) is 0. The molecule has 0 aliphatic rings. The highest BCUT2D eigenvalue weighted by atomic mass is 16.1. The van der Waals surface area contributed by atoms with E-state index in [9.17, 15) is 4.79 Å². The highest BCUT2D eigenvalue weighted by Crippen LogP contribution is 2.20. The molecule has 17 heavy (non-hydrogen) atoms. The summed E-state index contributed by atoms with van der Waals surface area (Å²) < 4.78 is 0. The molecule has 0 radical (unpaired) electrons. The van der Waals surface area contributed by atoms with Crippen LogP contribution in [-0.2, 0) is 0 Å². The molecule has 0 atom stereocenters. The number of fused-ring (bicyclic) bond motifs is 1. The summed E-state index contributed by atoms with van der Waals surface area (Å²) in [4.78, 5) is 23.2. The first kappa shape index (κ1) is 9.42. The van der Waals surface area contributed by atoms with Crippen LogP contribution in [0.25, 0.3) is 22.3 Å². The van der Waals surface area contributed by atoms with Crippen molar-refractivity contribution in [1.29, 1.82) is 5.26 Å². The van der Waals surface area contributed by atoms with Crippen LogP contribution in [-0.4, -0.2) is 19.9 Å². The Morgan fingerprint density at radius 3 is 2.76 bits per heavy atom. The molecule has 2 aromatic heterocycles. The summed E-state index contributed by atoms with van der Waals surface area (Å²) in [7, 11) is 0. The number of H-pyrrole nitrogens is 3. The van der Waals surface area contributed by atoms with Gasteiger partial charge in [0.05, 0.1) is 22.9 Å². The molecule has 0 aliphatic heterocycles. The van der Waals surface area contributed by atoms with Gasteiger partial charge in [0, 0.05) is 5.56 Å². The van der Waals surface area contributed by atoms with E-state index in [2.05, 4.69) is 19.9 Å². The molecule has 3 aromatic rings. The third kappa shape index (κ3) is 1.50. The van der Waals surface area contributed by atoms with Crippen molar-refractivity contribution in [2.24, 2.45) is 0 Å². The van der Waals surface area contributed by atoms with E-state index in [0.29, 0.717) is 0 Å². The Hall–Kier alpha value is -2.81. The number of imidazole rings is 2. The zero-order chi connectivity index (χ0) is 11.8. The molecule has 0 amide bonds. The molecular formula is C11H7N5O. The van der Waals surface area contributed by atoms with E-state index in [1.807, 2.05) is 18.2 Å². The molecule has 2 heterocycles. The van der Waals surface area contributed by atoms with Gasteiger partial charge in [-0.3, -0.25) is 0 Å². The van der Waals surface area contributed by atoms with Gasteiger partial charge < -0.3 is 15.0 Å². The molecule has 0 spiro atoms. The highest BCUT2D eigenvalue weighted by molar-refractivity contribution is 5.80. The van der Waals surface area contributed by atoms with Crippen molar-refractivity contribution in [3.05, 3.63) is 40.7 Å². The number of nitriles is 1. The van der Waals surface area contributed by atoms with Crippen LogP contribution in [0, 0.1) is 11.3 Å². The van der Waals surface area contributed by atoms with Crippen LogP contribution < -0.4 is 5.69 Å². The van der Waals surface area contributed by atoms with Crippen molar-refractivity contribution in [2.75, 3.05) is 0 Å². The number of nitrogens with zero attached hydrogens (tertiary/aromatic N) is 2. The number of benzene rings is 1. The van der Waals surface area contributed by atoms with Crippen LogP contribution in [0.4, 0.5) is 0 Å². The maximum absolute atomic E-state index is 11.1.